The van der Waals surface area contributed by atoms with E-state index in [1.54, 1.807) is 25.7 Å². The van der Waals surface area contributed by atoms with Crippen LogP contribution in [0.25, 0.3) is 0 Å². The van der Waals surface area contributed by atoms with E-state index >= 15 is 0 Å². The number of ether oxygens (including phenoxy) is 1. The van der Waals surface area contributed by atoms with E-state index in [0.29, 0.717) is 10.8 Å². The van der Waals surface area contributed by atoms with Gasteiger partial charge in [0, 0.05) is 18.1 Å². The average molecular weight is 264 g/mol. The number of rotatable bonds is 4. The number of hydrogen-bond donors (Lipinski definition) is 1. The second-order valence-electron chi connectivity index (χ2n) is 3.85. The molecule has 94 valence electrons. The number of methoxy groups -OCH3 is 1. The van der Waals surface area contributed by atoms with Gasteiger partial charge in [-0.3, -0.25) is 9.97 Å². The van der Waals surface area contributed by atoms with E-state index in [-0.39, 0.29) is 6.04 Å². The fraction of sp³-hybridized carbons (Fsp3) is 0.231. The maximum Gasteiger partial charge on any atom is 0.137 e. The molecule has 0 radical (unpaired) electrons. The predicted molar refractivity (Wildman–Crippen MR) is 72.1 cm³/mol. The number of nitrogens with one attached hydrogen (secondary N) is 1. The van der Waals surface area contributed by atoms with Gasteiger partial charge in [0.15, 0.2) is 0 Å². The third-order valence-corrected chi connectivity index (χ3v) is 2.86. The van der Waals surface area contributed by atoms with Crippen LogP contribution in [0.5, 0.6) is 5.75 Å². The SMILES string of the molecule is COc1ccc(NC(C)c2cnccn2)cc1Cl. The number of anilines is 1. The minimum absolute atomic E-state index is 0.0585. The second-order valence-corrected chi connectivity index (χ2v) is 4.25. The largest absolute Gasteiger partial charge is 0.495 e. The Hall–Kier alpha value is -1.81. The van der Waals surface area contributed by atoms with Crippen LogP contribution in [0.2, 0.25) is 5.02 Å². The zero-order chi connectivity index (χ0) is 13.0. The van der Waals surface area contributed by atoms with Crippen molar-refractivity contribution in [3.8, 4) is 5.75 Å². The van der Waals surface area contributed by atoms with Gasteiger partial charge in [0.25, 0.3) is 0 Å². The molecule has 18 heavy (non-hydrogen) atoms. The highest BCUT2D eigenvalue weighted by Gasteiger charge is 2.08. The number of aromatic nitrogens is 2. The van der Waals surface area contributed by atoms with Gasteiger partial charge in [-0.05, 0) is 25.1 Å². The predicted octanol–water partition coefficient (Wildman–Crippen LogP) is 3.31. The first-order valence-corrected chi connectivity index (χ1v) is 5.94. The molecule has 0 saturated heterocycles. The lowest BCUT2D eigenvalue weighted by molar-refractivity contribution is 0.415. The van der Waals surface area contributed by atoms with Crippen molar-refractivity contribution >= 4 is 17.3 Å². The molecule has 1 unspecified atom stereocenters. The molecule has 1 heterocycles. The summed E-state index contributed by atoms with van der Waals surface area (Å²) in [6, 6.07) is 5.63. The third-order valence-electron chi connectivity index (χ3n) is 2.56. The Morgan fingerprint density at radius 1 is 1.33 bits per heavy atom. The minimum atomic E-state index is 0.0585. The lowest BCUT2D eigenvalue weighted by Gasteiger charge is -2.15. The molecule has 0 aliphatic rings. The summed E-state index contributed by atoms with van der Waals surface area (Å²) >= 11 is 6.07. The van der Waals surface area contributed by atoms with Crippen molar-refractivity contribution in [2.24, 2.45) is 0 Å². The molecule has 0 bridgehead atoms. The molecule has 0 fully saturated rings. The Morgan fingerprint density at radius 2 is 2.17 bits per heavy atom. The minimum Gasteiger partial charge on any atom is -0.495 e. The number of nitrogens with zero attached hydrogens (tertiary/aromatic N) is 2. The van der Waals surface area contributed by atoms with E-state index < -0.39 is 0 Å². The van der Waals surface area contributed by atoms with Gasteiger partial charge in [0.05, 0.1) is 30.1 Å². The first-order valence-electron chi connectivity index (χ1n) is 5.56. The van der Waals surface area contributed by atoms with Crippen LogP contribution in [-0.2, 0) is 0 Å². The number of benzene rings is 1. The maximum atomic E-state index is 6.07. The first-order chi connectivity index (χ1) is 8.70. The van der Waals surface area contributed by atoms with Gasteiger partial charge in [-0.15, -0.1) is 0 Å². The number of halogens is 1. The quantitative estimate of drug-likeness (QED) is 0.919. The highest BCUT2D eigenvalue weighted by Crippen LogP contribution is 2.28. The lowest BCUT2D eigenvalue weighted by Crippen LogP contribution is -2.08. The van der Waals surface area contributed by atoms with E-state index in [1.165, 1.54) is 0 Å². The molecule has 1 atom stereocenters. The van der Waals surface area contributed by atoms with Crippen LogP contribution in [0.15, 0.2) is 36.8 Å². The van der Waals surface area contributed by atoms with Crippen LogP contribution in [0.3, 0.4) is 0 Å². The Labute approximate surface area is 111 Å². The van der Waals surface area contributed by atoms with Gasteiger partial charge < -0.3 is 10.1 Å². The maximum absolute atomic E-state index is 6.07. The van der Waals surface area contributed by atoms with Gasteiger partial charge in [-0.25, -0.2) is 0 Å². The van der Waals surface area contributed by atoms with E-state index in [0.717, 1.165) is 11.4 Å². The fourth-order valence-electron chi connectivity index (χ4n) is 1.61. The second kappa shape index (κ2) is 5.69. The van der Waals surface area contributed by atoms with Gasteiger partial charge in [0.1, 0.15) is 5.75 Å². The van der Waals surface area contributed by atoms with Crippen LogP contribution in [0.1, 0.15) is 18.7 Å². The Morgan fingerprint density at radius 3 is 2.78 bits per heavy atom. The summed E-state index contributed by atoms with van der Waals surface area (Å²) in [4.78, 5) is 8.29. The molecule has 0 aliphatic heterocycles. The zero-order valence-corrected chi connectivity index (χ0v) is 11.0. The molecule has 1 aromatic heterocycles. The van der Waals surface area contributed by atoms with E-state index in [4.69, 9.17) is 16.3 Å². The molecule has 0 aliphatic carbocycles. The van der Waals surface area contributed by atoms with E-state index in [9.17, 15) is 0 Å². The molecule has 2 rings (SSSR count). The molecule has 1 aromatic carbocycles. The van der Waals surface area contributed by atoms with Crippen molar-refractivity contribution in [3.63, 3.8) is 0 Å². The monoisotopic (exact) mass is 263 g/mol. The van der Waals surface area contributed by atoms with Crippen molar-refractivity contribution in [1.82, 2.24) is 9.97 Å². The molecular weight excluding hydrogens is 250 g/mol. The first kappa shape index (κ1) is 12.6. The highest BCUT2D eigenvalue weighted by atomic mass is 35.5. The van der Waals surface area contributed by atoms with Gasteiger partial charge in [-0.1, -0.05) is 11.6 Å². The standard InChI is InChI=1S/C13H14ClN3O/c1-9(12-8-15-5-6-16-12)17-10-3-4-13(18-2)11(14)7-10/h3-9,17H,1-2H3. The van der Waals surface area contributed by atoms with Crippen molar-refractivity contribution in [2.45, 2.75) is 13.0 Å². The van der Waals surface area contributed by atoms with Crippen LogP contribution in [0.4, 0.5) is 5.69 Å². The average Bonchev–Trinajstić information content (AvgIpc) is 2.40. The van der Waals surface area contributed by atoms with Gasteiger partial charge >= 0.3 is 0 Å². The molecule has 0 saturated carbocycles. The summed E-state index contributed by atoms with van der Waals surface area (Å²) in [7, 11) is 1.59. The van der Waals surface area contributed by atoms with Crippen molar-refractivity contribution in [3.05, 3.63) is 47.5 Å². The Kier molecular flexibility index (Phi) is 3.99. The van der Waals surface area contributed by atoms with Gasteiger partial charge in [-0.2, -0.15) is 0 Å². The van der Waals surface area contributed by atoms with Crippen LogP contribution in [0, 0.1) is 0 Å². The molecule has 4 nitrogen and oxygen atoms in total. The molecular formula is C13H14ClN3O. The third kappa shape index (κ3) is 2.90. The molecule has 0 amide bonds. The molecule has 2 aromatic rings. The lowest BCUT2D eigenvalue weighted by atomic mass is 10.2. The van der Waals surface area contributed by atoms with Gasteiger partial charge in [0.2, 0.25) is 0 Å². The highest BCUT2D eigenvalue weighted by molar-refractivity contribution is 6.32. The van der Waals surface area contributed by atoms with Crippen LogP contribution in [-0.4, -0.2) is 17.1 Å². The van der Waals surface area contributed by atoms with Crippen molar-refractivity contribution < 1.29 is 4.74 Å². The molecule has 5 heteroatoms. The number of hydrogen-bond acceptors (Lipinski definition) is 4. The normalized spacial score (nSPS) is 11.9. The van der Waals surface area contributed by atoms with Crippen molar-refractivity contribution in [1.29, 1.82) is 0 Å². The van der Waals surface area contributed by atoms with Crippen LogP contribution < -0.4 is 10.1 Å². The zero-order valence-electron chi connectivity index (χ0n) is 10.2. The fourth-order valence-corrected chi connectivity index (χ4v) is 1.87. The van der Waals surface area contributed by atoms with E-state index in [1.807, 2.05) is 25.1 Å². The summed E-state index contributed by atoms with van der Waals surface area (Å²) < 4.78 is 5.11. The smallest absolute Gasteiger partial charge is 0.137 e. The van der Waals surface area contributed by atoms with E-state index in [2.05, 4.69) is 15.3 Å². The Bertz CT molecular complexity index is 519. The molecule has 0 spiro atoms. The van der Waals surface area contributed by atoms with Crippen molar-refractivity contribution in [2.75, 3.05) is 12.4 Å². The van der Waals surface area contributed by atoms with Crippen LogP contribution >= 0.6 is 11.6 Å². The Balaban J connectivity index is 2.12. The summed E-state index contributed by atoms with van der Waals surface area (Å²) in [5.74, 6) is 0.661. The summed E-state index contributed by atoms with van der Waals surface area (Å²) in [6.45, 7) is 2.02. The summed E-state index contributed by atoms with van der Waals surface area (Å²) in [6.07, 6.45) is 5.07. The summed E-state index contributed by atoms with van der Waals surface area (Å²) in [5, 5.41) is 3.89. The summed E-state index contributed by atoms with van der Waals surface area (Å²) in [5.41, 5.74) is 1.79. The topological polar surface area (TPSA) is 47.0 Å². The molecule has 1 N–H and O–H groups in total.